The number of hydrogen-bond donors (Lipinski definition) is 2. The SMILES string of the molecule is NC[C@H](C(=O)Nc1ccc(N2CCOCC2=O)c(C(F)(F)F)c1)N(CC1CCC1)CC(F)(F)F. The summed E-state index contributed by atoms with van der Waals surface area (Å²) in [6, 6.07) is 1.49. The summed E-state index contributed by atoms with van der Waals surface area (Å²) in [6.07, 6.45) is -7.06. The van der Waals surface area contributed by atoms with Crippen molar-refractivity contribution in [1.29, 1.82) is 0 Å². The van der Waals surface area contributed by atoms with E-state index in [-0.39, 0.29) is 37.9 Å². The summed E-state index contributed by atoms with van der Waals surface area (Å²) in [5, 5.41) is 2.27. The van der Waals surface area contributed by atoms with Gasteiger partial charge in [0.15, 0.2) is 0 Å². The third-order valence-electron chi connectivity index (χ3n) is 5.91. The van der Waals surface area contributed by atoms with Gasteiger partial charge >= 0.3 is 12.4 Å². The zero-order chi connectivity index (χ0) is 25.1. The van der Waals surface area contributed by atoms with Gasteiger partial charge in [-0.1, -0.05) is 6.42 Å². The summed E-state index contributed by atoms with van der Waals surface area (Å²) < 4.78 is 85.5. The number of rotatable bonds is 8. The number of alkyl halides is 6. The average molecular weight is 496 g/mol. The molecular formula is C21H26F6N4O3. The van der Waals surface area contributed by atoms with Gasteiger partial charge in [-0.2, -0.15) is 26.3 Å². The molecule has 3 rings (SSSR count). The molecule has 1 heterocycles. The van der Waals surface area contributed by atoms with E-state index in [1.807, 2.05) is 0 Å². The van der Waals surface area contributed by atoms with E-state index in [1.165, 1.54) is 6.07 Å². The van der Waals surface area contributed by atoms with Crippen molar-refractivity contribution < 1.29 is 40.7 Å². The molecule has 1 aromatic rings. The van der Waals surface area contributed by atoms with Gasteiger partial charge in [-0.05, 0) is 37.0 Å². The number of morpholine rings is 1. The minimum absolute atomic E-state index is 0.00590. The predicted molar refractivity (Wildman–Crippen MR) is 111 cm³/mol. The number of anilines is 2. The molecule has 2 aliphatic rings. The number of amides is 2. The van der Waals surface area contributed by atoms with E-state index in [0.717, 1.165) is 35.1 Å². The molecule has 190 valence electrons. The molecule has 7 nitrogen and oxygen atoms in total. The fraction of sp³-hybridized carbons (Fsp3) is 0.619. The molecule has 1 atom stereocenters. The van der Waals surface area contributed by atoms with Crippen LogP contribution in [0.25, 0.3) is 0 Å². The van der Waals surface area contributed by atoms with E-state index >= 15 is 0 Å². The van der Waals surface area contributed by atoms with Gasteiger partial charge in [-0.25, -0.2) is 0 Å². The highest BCUT2D eigenvalue weighted by Crippen LogP contribution is 2.39. The highest BCUT2D eigenvalue weighted by atomic mass is 19.4. The first-order chi connectivity index (χ1) is 15.9. The first kappa shape index (κ1) is 26.2. The first-order valence-electron chi connectivity index (χ1n) is 10.8. The van der Waals surface area contributed by atoms with Crippen LogP contribution in [0.3, 0.4) is 0 Å². The lowest BCUT2D eigenvalue weighted by atomic mass is 9.85. The van der Waals surface area contributed by atoms with Crippen LogP contribution >= 0.6 is 0 Å². The van der Waals surface area contributed by atoms with E-state index in [4.69, 9.17) is 10.5 Å². The molecule has 2 fully saturated rings. The normalized spacial score (nSPS) is 18.7. The Kier molecular flexibility index (Phi) is 8.09. The van der Waals surface area contributed by atoms with Crippen LogP contribution in [0.15, 0.2) is 18.2 Å². The van der Waals surface area contributed by atoms with E-state index in [2.05, 4.69) is 5.32 Å². The number of nitrogens with two attached hydrogens (primary N) is 1. The Labute approximate surface area is 192 Å². The quantitative estimate of drug-likeness (QED) is 0.541. The zero-order valence-corrected chi connectivity index (χ0v) is 18.2. The van der Waals surface area contributed by atoms with Crippen molar-refractivity contribution in [2.24, 2.45) is 11.7 Å². The first-order valence-corrected chi connectivity index (χ1v) is 10.8. The molecule has 0 bridgehead atoms. The third kappa shape index (κ3) is 6.60. The molecule has 1 aromatic carbocycles. The summed E-state index contributed by atoms with van der Waals surface area (Å²) in [5.41, 5.74) is 3.79. The van der Waals surface area contributed by atoms with Crippen molar-refractivity contribution in [3.05, 3.63) is 23.8 Å². The van der Waals surface area contributed by atoms with E-state index in [0.29, 0.717) is 6.07 Å². The fourth-order valence-corrected chi connectivity index (χ4v) is 4.04. The molecule has 1 saturated carbocycles. The number of benzene rings is 1. The summed E-state index contributed by atoms with van der Waals surface area (Å²) in [6.45, 7) is -2.15. The standard InChI is InChI=1S/C21H26F6N4O3/c22-20(23,24)12-30(10-13-2-1-3-13)17(9-28)19(33)29-14-4-5-16(15(8-14)21(25,26)27)31-6-7-34-11-18(31)32/h4-5,8,13,17H,1-3,6-7,9-12,28H2,(H,29,33)/t17-/m1/s1. The molecule has 0 unspecified atom stereocenters. The molecule has 2 amide bonds. The Morgan fingerprint density at radius 3 is 2.47 bits per heavy atom. The van der Waals surface area contributed by atoms with Crippen LogP contribution in [0.1, 0.15) is 24.8 Å². The maximum Gasteiger partial charge on any atom is 0.418 e. The molecular weight excluding hydrogens is 470 g/mol. The molecule has 3 N–H and O–H groups in total. The number of halogens is 6. The summed E-state index contributed by atoms with van der Waals surface area (Å²) in [5.74, 6) is -1.57. The van der Waals surface area contributed by atoms with Gasteiger partial charge in [-0.15, -0.1) is 0 Å². The maximum absolute atomic E-state index is 13.7. The van der Waals surface area contributed by atoms with Crippen molar-refractivity contribution in [2.75, 3.05) is 49.6 Å². The Morgan fingerprint density at radius 1 is 1.24 bits per heavy atom. The van der Waals surface area contributed by atoms with E-state index < -0.39 is 54.5 Å². The monoisotopic (exact) mass is 496 g/mol. The minimum atomic E-state index is -4.85. The molecule has 1 aliphatic carbocycles. The van der Waals surface area contributed by atoms with Crippen LogP contribution in [0.5, 0.6) is 0 Å². The molecule has 0 aromatic heterocycles. The van der Waals surface area contributed by atoms with Crippen LogP contribution in [0.2, 0.25) is 0 Å². The number of ether oxygens (including phenoxy) is 1. The summed E-state index contributed by atoms with van der Waals surface area (Å²) in [4.78, 5) is 26.7. The highest BCUT2D eigenvalue weighted by Gasteiger charge is 2.39. The van der Waals surface area contributed by atoms with Crippen molar-refractivity contribution >= 4 is 23.2 Å². The smallest absolute Gasteiger partial charge is 0.370 e. The molecule has 34 heavy (non-hydrogen) atoms. The third-order valence-corrected chi connectivity index (χ3v) is 5.91. The Morgan fingerprint density at radius 2 is 1.94 bits per heavy atom. The van der Waals surface area contributed by atoms with Crippen LogP contribution in [0.4, 0.5) is 37.7 Å². The van der Waals surface area contributed by atoms with Gasteiger partial charge in [0.1, 0.15) is 12.6 Å². The van der Waals surface area contributed by atoms with Crippen LogP contribution in [-0.2, 0) is 20.5 Å². The topological polar surface area (TPSA) is 87.9 Å². The van der Waals surface area contributed by atoms with Crippen molar-refractivity contribution in [1.82, 2.24) is 4.90 Å². The fourth-order valence-electron chi connectivity index (χ4n) is 4.04. The summed E-state index contributed by atoms with van der Waals surface area (Å²) in [7, 11) is 0. The largest absolute Gasteiger partial charge is 0.418 e. The molecule has 0 radical (unpaired) electrons. The van der Waals surface area contributed by atoms with Crippen LogP contribution in [-0.4, -0.2) is 68.3 Å². The Balaban J connectivity index is 1.83. The average Bonchev–Trinajstić information content (AvgIpc) is 2.70. The van der Waals surface area contributed by atoms with Crippen molar-refractivity contribution in [3.8, 4) is 0 Å². The van der Waals surface area contributed by atoms with Crippen molar-refractivity contribution in [2.45, 2.75) is 37.7 Å². The maximum atomic E-state index is 13.7. The van der Waals surface area contributed by atoms with Crippen LogP contribution < -0.4 is 16.0 Å². The molecule has 1 saturated heterocycles. The van der Waals surface area contributed by atoms with Gasteiger partial charge < -0.3 is 20.7 Å². The number of nitrogens with zero attached hydrogens (tertiary/aromatic N) is 2. The van der Waals surface area contributed by atoms with E-state index in [1.54, 1.807) is 0 Å². The molecule has 13 heteroatoms. The van der Waals surface area contributed by atoms with Gasteiger partial charge in [0, 0.05) is 25.3 Å². The second-order valence-corrected chi connectivity index (χ2v) is 8.41. The van der Waals surface area contributed by atoms with Gasteiger partial charge in [0.2, 0.25) is 5.91 Å². The van der Waals surface area contributed by atoms with E-state index in [9.17, 15) is 35.9 Å². The Hall–Kier alpha value is -2.38. The number of hydrogen-bond acceptors (Lipinski definition) is 5. The van der Waals surface area contributed by atoms with Gasteiger partial charge in [0.25, 0.3) is 5.91 Å². The van der Waals surface area contributed by atoms with Gasteiger partial charge in [-0.3, -0.25) is 14.5 Å². The minimum Gasteiger partial charge on any atom is -0.370 e. The predicted octanol–water partition coefficient (Wildman–Crippen LogP) is 3.00. The zero-order valence-electron chi connectivity index (χ0n) is 18.2. The second kappa shape index (κ2) is 10.5. The number of nitrogens with one attached hydrogen (secondary N) is 1. The number of carbonyl (C=O) groups excluding carboxylic acids is 2. The number of carbonyl (C=O) groups is 2. The summed E-state index contributed by atoms with van der Waals surface area (Å²) >= 11 is 0. The van der Waals surface area contributed by atoms with Crippen molar-refractivity contribution in [3.63, 3.8) is 0 Å². The van der Waals surface area contributed by atoms with Gasteiger partial charge in [0.05, 0.1) is 24.4 Å². The van der Waals surface area contributed by atoms with Crippen LogP contribution in [0, 0.1) is 5.92 Å². The highest BCUT2D eigenvalue weighted by molar-refractivity contribution is 5.98. The lowest BCUT2D eigenvalue weighted by Gasteiger charge is -2.36. The molecule has 1 aliphatic heterocycles. The Bertz CT molecular complexity index is 888. The lowest BCUT2D eigenvalue weighted by molar-refractivity contribution is -0.155. The lowest BCUT2D eigenvalue weighted by Crippen LogP contribution is -2.53. The molecule has 0 spiro atoms. The second-order valence-electron chi connectivity index (χ2n) is 8.41.